The minimum atomic E-state index is -4.52. The molecule has 1 heterocycles. The number of imidazole rings is 1. The van der Waals surface area contributed by atoms with Gasteiger partial charge in [-0.1, -0.05) is 6.07 Å². The van der Waals surface area contributed by atoms with E-state index in [1.54, 1.807) is 6.92 Å². The van der Waals surface area contributed by atoms with Gasteiger partial charge in [-0.15, -0.1) is 0 Å². The van der Waals surface area contributed by atoms with Crippen LogP contribution in [-0.4, -0.2) is 22.1 Å². The van der Waals surface area contributed by atoms with Crippen LogP contribution in [-0.2, 0) is 10.9 Å². The summed E-state index contributed by atoms with van der Waals surface area (Å²) in [5, 5.41) is 0. The van der Waals surface area contributed by atoms with Crippen molar-refractivity contribution >= 4 is 5.97 Å². The molecule has 0 saturated heterocycles. The Kier molecular flexibility index (Phi) is 4.11. The fraction of sp³-hybridized carbons (Fsp3) is 0.286. The number of aromatic nitrogens is 2. The second-order valence-electron chi connectivity index (χ2n) is 4.49. The molecule has 0 amide bonds. The smallest absolute Gasteiger partial charge is 0.416 e. The molecule has 118 valence electrons. The van der Waals surface area contributed by atoms with Gasteiger partial charge in [-0.25, -0.2) is 9.59 Å². The molecule has 2 aromatic rings. The van der Waals surface area contributed by atoms with Crippen LogP contribution in [0.15, 0.2) is 29.1 Å². The number of hydrogen-bond acceptors (Lipinski definition) is 3. The molecule has 1 N–H and O–H groups in total. The monoisotopic (exact) mass is 314 g/mol. The minimum absolute atomic E-state index is 0.0177. The molecule has 22 heavy (non-hydrogen) atoms. The van der Waals surface area contributed by atoms with Crippen LogP contribution in [0, 0.1) is 6.92 Å². The van der Waals surface area contributed by atoms with Crippen molar-refractivity contribution in [3.05, 3.63) is 51.7 Å². The number of H-pyrrole nitrogens is 1. The number of carbonyl (C=O) groups is 1. The summed E-state index contributed by atoms with van der Waals surface area (Å²) in [5.74, 6) is -0.733. The lowest BCUT2D eigenvalue weighted by Gasteiger charge is -2.10. The van der Waals surface area contributed by atoms with E-state index < -0.39 is 23.4 Å². The first-order valence-corrected chi connectivity index (χ1v) is 6.42. The van der Waals surface area contributed by atoms with Crippen LogP contribution < -0.4 is 5.69 Å². The summed E-state index contributed by atoms with van der Waals surface area (Å²) in [5.41, 5.74) is -1.47. The Labute approximate surface area is 123 Å². The standard InChI is InChI=1S/C14H13F3N2O3/c1-3-22-12(20)11-8(2)19(13(21)18-11)10-6-4-5-9(7-10)14(15,16)17/h4-7H,3H2,1-2H3,(H,18,21). The number of alkyl halides is 3. The van der Waals surface area contributed by atoms with Crippen molar-refractivity contribution in [2.24, 2.45) is 0 Å². The number of esters is 1. The number of nitrogens with zero attached hydrogens (tertiary/aromatic N) is 1. The number of rotatable bonds is 3. The summed E-state index contributed by atoms with van der Waals surface area (Å²) in [7, 11) is 0. The summed E-state index contributed by atoms with van der Waals surface area (Å²) < 4.78 is 44.0. The second kappa shape index (κ2) is 5.70. The average molecular weight is 314 g/mol. The lowest BCUT2D eigenvalue weighted by Crippen LogP contribution is -2.16. The van der Waals surface area contributed by atoms with Crippen LogP contribution in [0.2, 0.25) is 0 Å². The molecule has 2 rings (SSSR count). The van der Waals surface area contributed by atoms with Gasteiger partial charge in [0, 0.05) is 0 Å². The minimum Gasteiger partial charge on any atom is -0.461 e. The highest BCUT2D eigenvalue weighted by atomic mass is 19.4. The van der Waals surface area contributed by atoms with E-state index in [4.69, 9.17) is 4.74 Å². The molecular formula is C14H13F3N2O3. The molecule has 0 aliphatic heterocycles. The lowest BCUT2D eigenvalue weighted by atomic mass is 10.2. The molecule has 8 heteroatoms. The second-order valence-corrected chi connectivity index (χ2v) is 4.49. The topological polar surface area (TPSA) is 64.1 Å². The molecule has 1 aromatic heterocycles. The van der Waals surface area contributed by atoms with E-state index >= 15 is 0 Å². The molecule has 0 spiro atoms. The van der Waals surface area contributed by atoms with Gasteiger partial charge >= 0.3 is 17.8 Å². The van der Waals surface area contributed by atoms with E-state index in [9.17, 15) is 22.8 Å². The maximum atomic E-state index is 12.7. The third-order valence-corrected chi connectivity index (χ3v) is 3.04. The van der Waals surface area contributed by atoms with Gasteiger partial charge in [0.25, 0.3) is 0 Å². The van der Waals surface area contributed by atoms with Gasteiger partial charge in [-0.3, -0.25) is 9.55 Å². The number of aromatic amines is 1. The predicted octanol–water partition coefficient (Wildman–Crippen LogP) is 2.67. The fourth-order valence-electron chi connectivity index (χ4n) is 2.05. The Hall–Kier alpha value is -2.51. The zero-order chi connectivity index (χ0) is 16.5. The summed E-state index contributed by atoms with van der Waals surface area (Å²) in [4.78, 5) is 26.0. The van der Waals surface area contributed by atoms with Gasteiger partial charge in [0.2, 0.25) is 0 Å². The Morgan fingerprint density at radius 1 is 1.36 bits per heavy atom. The Morgan fingerprint density at radius 3 is 2.64 bits per heavy atom. The number of nitrogens with one attached hydrogen (secondary N) is 1. The van der Waals surface area contributed by atoms with Gasteiger partial charge in [0.15, 0.2) is 0 Å². The summed E-state index contributed by atoms with van der Waals surface area (Å²) in [6, 6.07) is 4.30. The number of benzene rings is 1. The van der Waals surface area contributed by atoms with Crippen molar-refractivity contribution in [1.82, 2.24) is 9.55 Å². The molecule has 0 saturated carbocycles. The average Bonchev–Trinajstić information content (AvgIpc) is 2.73. The third kappa shape index (κ3) is 2.90. The van der Waals surface area contributed by atoms with E-state index in [0.717, 1.165) is 16.7 Å². The predicted molar refractivity (Wildman–Crippen MR) is 72.1 cm³/mol. The van der Waals surface area contributed by atoms with Crippen LogP contribution in [0.1, 0.15) is 28.7 Å². The van der Waals surface area contributed by atoms with Gasteiger partial charge < -0.3 is 4.74 Å². The molecule has 0 aliphatic carbocycles. The largest absolute Gasteiger partial charge is 0.461 e. The Bertz CT molecular complexity index is 759. The summed E-state index contributed by atoms with van der Waals surface area (Å²) >= 11 is 0. The number of halogens is 3. The van der Waals surface area contributed by atoms with Crippen molar-refractivity contribution in [2.75, 3.05) is 6.61 Å². The molecule has 0 aliphatic rings. The molecule has 0 fully saturated rings. The maximum Gasteiger partial charge on any atom is 0.416 e. The van der Waals surface area contributed by atoms with Gasteiger partial charge in [-0.05, 0) is 32.0 Å². The van der Waals surface area contributed by atoms with Crippen molar-refractivity contribution < 1.29 is 22.7 Å². The summed E-state index contributed by atoms with van der Waals surface area (Å²) in [6.45, 7) is 3.18. The maximum absolute atomic E-state index is 12.7. The van der Waals surface area contributed by atoms with Gasteiger partial charge in [0.05, 0.1) is 23.6 Å². The fourth-order valence-corrected chi connectivity index (χ4v) is 2.05. The van der Waals surface area contributed by atoms with E-state index in [0.29, 0.717) is 0 Å². The molecular weight excluding hydrogens is 301 g/mol. The molecule has 0 bridgehead atoms. The first kappa shape index (κ1) is 15.9. The van der Waals surface area contributed by atoms with Crippen molar-refractivity contribution in [2.45, 2.75) is 20.0 Å². The van der Waals surface area contributed by atoms with Crippen molar-refractivity contribution in [1.29, 1.82) is 0 Å². The quantitative estimate of drug-likeness (QED) is 0.886. The van der Waals surface area contributed by atoms with Crippen LogP contribution in [0.25, 0.3) is 5.69 Å². The highest BCUT2D eigenvalue weighted by Gasteiger charge is 2.31. The van der Waals surface area contributed by atoms with E-state index in [2.05, 4.69) is 4.98 Å². The highest BCUT2D eigenvalue weighted by Crippen LogP contribution is 2.30. The molecule has 5 nitrogen and oxygen atoms in total. The van der Waals surface area contributed by atoms with E-state index in [1.165, 1.54) is 19.1 Å². The molecule has 0 unspecified atom stereocenters. The van der Waals surface area contributed by atoms with Crippen molar-refractivity contribution in [3.63, 3.8) is 0 Å². The SMILES string of the molecule is CCOC(=O)c1[nH]c(=O)n(-c2cccc(C(F)(F)F)c2)c1C. The number of ether oxygens (including phenoxy) is 1. The third-order valence-electron chi connectivity index (χ3n) is 3.04. The molecule has 0 atom stereocenters. The van der Waals surface area contributed by atoms with Crippen LogP contribution in [0.4, 0.5) is 13.2 Å². The van der Waals surface area contributed by atoms with Gasteiger partial charge in [-0.2, -0.15) is 13.2 Å². The first-order valence-electron chi connectivity index (χ1n) is 6.42. The lowest BCUT2D eigenvalue weighted by molar-refractivity contribution is -0.137. The van der Waals surface area contributed by atoms with Crippen molar-refractivity contribution in [3.8, 4) is 5.69 Å². The summed E-state index contributed by atoms with van der Waals surface area (Å²) in [6.07, 6.45) is -4.52. The zero-order valence-electron chi connectivity index (χ0n) is 11.8. The highest BCUT2D eigenvalue weighted by molar-refractivity contribution is 5.88. The normalized spacial score (nSPS) is 11.5. The number of carbonyl (C=O) groups excluding carboxylic acids is 1. The molecule has 1 aromatic carbocycles. The Balaban J connectivity index is 2.55. The first-order chi connectivity index (χ1) is 10.3. The van der Waals surface area contributed by atoms with Crippen LogP contribution in [0.5, 0.6) is 0 Å². The molecule has 0 radical (unpaired) electrons. The van der Waals surface area contributed by atoms with Gasteiger partial charge in [0.1, 0.15) is 5.69 Å². The van der Waals surface area contributed by atoms with E-state index in [-0.39, 0.29) is 23.7 Å². The Morgan fingerprint density at radius 2 is 2.05 bits per heavy atom. The van der Waals surface area contributed by atoms with Crippen LogP contribution >= 0.6 is 0 Å². The zero-order valence-corrected chi connectivity index (χ0v) is 11.8. The van der Waals surface area contributed by atoms with Crippen LogP contribution in [0.3, 0.4) is 0 Å². The number of hydrogen-bond donors (Lipinski definition) is 1. The van der Waals surface area contributed by atoms with E-state index in [1.807, 2.05) is 0 Å².